The molecule has 3 rings (SSSR count). The normalized spacial score (nSPS) is 19.1. The summed E-state index contributed by atoms with van der Waals surface area (Å²) < 4.78 is 5.65. The van der Waals surface area contributed by atoms with Gasteiger partial charge in [0, 0.05) is 36.6 Å². The fourth-order valence-electron chi connectivity index (χ4n) is 3.62. The number of carbonyl (C=O) groups excluding carboxylic acids is 2. The molecule has 1 aliphatic heterocycles. The molecular formula is C22H27N3O3. The molecule has 6 heteroatoms. The Labute approximate surface area is 165 Å². The Balaban J connectivity index is 1.50. The summed E-state index contributed by atoms with van der Waals surface area (Å²) in [6, 6.07) is 11.1. The van der Waals surface area contributed by atoms with E-state index in [2.05, 4.69) is 24.1 Å². The van der Waals surface area contributed by atoms with Crippen LogP contribution >= 0.6 is 0 Å². The molecule has 1 aromatic carbocycles. The summed E-state index contributed by atoms with van der Waals surface area (Å²) in [7, 11) is 0. The van der Waals surface area contributed by atoms with Crippen LogP contribution in [0.15, 0.2) is 48.8 Å². The second kappa shape index (κ2) is 9.35. The molecule has 28 heavy (non-hydrogen) atoms. The van der Waals surface area contributed by atoms with Crippen LogP contribution in [0.4, 0.5) is 0 Å². The van der Waals surface area contributed by atoms with E-state index in [9.17, 15) is 9.59 Å². The van der Waals surface area contributed by atoms with E-state index in [0.717, 1.165) is 24.8 Å². The molecule has 2 heterocycles. The summed E-state index contributed by atoms with van der Waals surface area (Å²) in [5.41, 5.74) is 1.48. The van der Waals surface area contributed by atoms with Crippen LogP contribution in [-0.2, 0) is 11.3 Å². The minimum absolute atomic E-state index is 0.0120. The van der Waals surface area contributed by atoms with Crippen molar-refractivity contribution in [1.82, 2.24) is 15.2 Å². The fraction of sp³-hybridized carbons (Fsp3) is 0.409. The summed E-state index contributed by atoms with van der Waals surface area (Å²) in [4.78, 5) is 30.7. The average molecular weight is 381 g/mol. The van der Waals surface area contributed by atoms with Gasteiger partial charge >= 0.3 is 0 Å². The predicted molar refractivity (Wildman–Crippen MR) is 107 cm³/mol. The number of rotatable bonds is 6. The van der Waals surface area contributed by atoms with Gasteiger partial charge in [-0.05, 0) is 69.0 Å². The number of ether oxygens (including phenoxy) is 1. The zero-order valence-electron chi connectivity index (χ0n) is 16.4. The van der Waals surface area contributed by atoms with Gasteiger partial charge in [-0.25, -0.2) is 0 Å². The van der Waals surface area contributed by atoms with Crippen LogP contribution in [0, 0.1) is 0 Å². The first-order valence-corrected chi connectivity index (χ1v) is 9.75. The second-order valence-corrected chi connectivity index (χ2v) is 7.29. The highest BCUT2D eigenvalue weighted by Gasteiger charge is 2.28. The number of nitrogens with one attached hydrogen (secondary N) is 1. The molecule has 0 spiro atoms. The van der Waals surface area contributed by atoms with Crippen LogP contribution in [0.1, 0.15) is 49.0 Å². The fourth-order valence-corrected chi connectivity index (χ4v) is 3.62. The monoisotopic (exact) mass is 381 g/mol. The quantitative estimate of drug-likeness (QED) is 0.834. The van der Waals surface area contributed by atoms with Gasteiger partial charge in [0.1, 0.15) is 5.75 Å². The smallest absolute Gasteiger partial charge is 0.260 e. The summed E-state index contributed by atoms with van der Waals surface area (Å²) in [5.74, 6) is 0.426. The number of nitrogens with zero attached hydrogens (tertiary/aromatic N) is 2. The van der Waals surface area contributed by atoms with E-state index in [0.29, 0.717) is 17.9 Å². The molecule has 1 fully saturated rings. The minimum atomic E-state index is -0.164. The van der Waals surface area contributed by atoms with Gasteiger partial charge in [0.2, 0.25) is 0 Å². The van der Waals surface area contributed by atoms with Crippen LogP contribution in [0.2, 0.25) is 0 Å². The highest BCUT2D eigenvalue weighted by Crippen LogP contribution is 2.23. The van der Waals surface area contributed by atoms with Crippen molar-refractivity contribution in [3.05, 3.63) is 59.9 Å². The Morgan fingerprint density at radius 2 is 1.86 bits per heavy atom. The third-order valence-corrected chi connectivity index (χ3v) is 5.14. The van der Waals surface area contributed by atoms with E-state index < -0.39 is 0 Å². The number of carbonyl (C=O) groups is 2. The van der Waals surface area contributed by atoms with Crippen molar-refractivity contribution >= 4 is 11.8 Å². The topological polar surface area (TPSA) is 71.5 Å². The molecular weight excluding hydrogens is 354 g/mol. The first kappa shape index (κ1) is 19.9. The van der Waals surface area contributed by atoms with Crippen LogP contribution in [0.3, 0.4) is 0 Å². The number of pyridine rings is 1. The average Bonchev–Trinajstić information content (AvgIpc) is 2.71. The maximum absolute atomic E-state index is 12.5. The van der Waals surface area contributed by atoms with Crippen molar-refractivity contribution in [1.29, 1.82) is 0 Å². The molecule has 2 unspecified atom stereocenters. The zero-order valence-corrected chi connectivity index (χ0v) is 16.4. The third kappa shape index (κ3) is 5.09. The summed E-state index contributed by atoms with van der Waals surface area (Å²) in [6.07, 6.45) is 6.66. The molecule has 2 atom stereocenters. The number of piperidine rings is 1. The first-order chi connectivity index (χ1) is 13.5. The lowest BCUT2D eigenvalue weighted by Crippen LogP contribution is -2.49. The van der Waals surface area contributed by atoms with Crippen molar-refractivity contribution in [2.75, 3.05) is 6.61 Å². The number of amides is 2. The third-order valence-electron chi connectivity index (χ3n) is 5.14. The van der Waals surface area contributed by atoms with E-state index >= 15 is 0 Å². The minimum Gasteiger partial charge on any atom is -0.484 e. The Morgan fingerprint density at radius 1 is 1.14 bits per heavy atom. The van der Waals surface area contributed by atoms with Gasteiger partial charge in [-0.3, -0.25) is 14.6 Å². The van der Waals surface area contributed by atoms with Crippen LogP contribution in [0.5, 0.6) is 5.75 Å². The van der Waals surface area contributed by atoms with E-state index in [4.69, 9.17) is 4.74 Å². The number of hydrogen-bond donors (Lipinski definition) is 1. The Bertz CT molecular complexity index is 782. The van der Waals surface area contributed by atoms with Gasteiger partial charge in [-0.15, -0.1) is 0 Å². The summed E-state index contributed by atoms with van der Waals surface area (Å²) in [6.45, 7) is 4.62. The molecule has 6 nitrogen and oxygen atoms in total. The number of likely N-dealkylation sites (tertiary alicyclic amines) is 1. The number of aromatic nitrogens is 1. The van der Waals surface area contributed by atoms with Crippen molar-refractivity contribution in [3.63, 3.8) is 0 Å². The standard InChI is InChI=1S/C22H27N3O3/c1-16-5-3-6-17(2)25(16)21(26)15-28-20-10-8-19(9-11-20)22(27)24-14-18-7-4-12-23-13-18/h4,7-13,16-17H,3,5-6,14-15H2,1-2H3,(H,24,27). The highest BCUT2D eigenvalue weighted by molar-refractivity contribution is 5.94. The molecule has 1 aromatic heterocycles. The van der Waals surface area contributed by atoms with Gasteiger partial charge in [-0.1, -0.05) is 6.07 Å². The van der Waals surface area contributed by atoms with Crippen molar-refractivity contribution in [3.8, 4) is 5.75 Å². The van der Waals surface area contributed by atoms with Crippen molar-refractivity contribution < 1.29 is 14.3 Å². The lowest BCUT2D eigenvalue weighted by Gasteiger charge is -2.38. The van der Waals surface area contributed by atoms with Crippen LogP contribution in [-0.4, -0.2) is 40.4 Å². The lowest BCUT2D eigenvalue weighted by atomic mass is 9.97. The Kier molecular flexibility index (Phi) is 6.63. The van der Waals surface area contributed by atoms with E-state index in [-0.39, 0.29) is 30.5 Å². The number of benzene rings is 1. The SMILES string of the molecule is CC1CCCC(C)N1C(=O)COc1ccc(C(=O)NCc2cccnc2)cc1. The molecule has 0 saturated carbocycles. The van der Waals surface area contributed by atoms with Crippen LogP contribution in [0.25, 0.3) is 0 Å². The molecule has 2 amide bonds. The van der Waals surface area contributed by atoms with Gasteiger partial charge < -0.3 is 15.0 Å². The van der Waals surface area contributed by atoms with E-state index in [1.54, 1.807) is 36.7 Å². The van der Waals surface area contributed by atoms with Gasteiger partial charge in [-0.2, -0.15) is 0 Å². The highest BCUT2D eigenvalue weighted by atomic mass is 16.5. The largest absolute Gasteiger partial charge is 0.484 e. The number of hydrogen-bond acceptors (Lipinski definition) is 4. The van der Waals surface area contributed by atoms with Crippen LogP contribution < -0.4 is 10.1 Å². The second-order valence-electron chi connectivity index (χ2n) is 7.29. The van der Waals surface area contributed by atoms with E-state index in [1.165, 1.54) is 0 Å². The molecule has 1 aliphatic rings. The lowest BCUT2D eigenvalue weighted by molar-refractivity contribution is -0.139. The van der Waals surface area contributed by atoms with Crippen molar-refractivity contribution in [2.45, 2.75) is 51.7 Å². The maximum atomic E-state index is 12.5. The maximum Gasteiger partial charge on any atom is 0.260 e. The molecule has 0 bridgehead atoms. The molecule has 1 N–H and O–H groups in total. The van der Waals surface area contributed by atoms with Gasteiger partial charge in [0.25, 0.3) is 11.8 Å². The summed E-state index contributed by atoms with van der Waals surface area (Å²) >= 11 is 0. The van der Waals surface area contributed by atoms with Crippen molar-refractivity contribution in [2.24, 2.45) is 0 Å². The Hall–Kier alpha value is -2.89. The molecule has 0 aliphatic carbocycles. The van der Waals surface area contributed by atoms with Gasteiger partial charge in [0.05, 0.1) is 0 Å². The first-order valence-electron chi connectivity index (χ1n) is 9.75. The predicted octanol–water partition coefficient (Wildman–Crippen LogP) is 3.18. The molecule has 2 aromatic rings. The molecule has 1 saturated heterocycles. The molecule has 0 radical (unpaired) electrons. The van der Waals surface area contributed by atoms with E-state index in [1.807, 2.05) is 17.0 Å². The Morgan fingerprint density at radius 3 is 2.50 bits per heavy atom. The molecule has 148 valence electrons. The zero-order chi connectivity index (χ0) is 19.9. The van der Waals surface area contributed by atoms with Gasteiger partial charge in [0.15, 0.2) is 6.61 Å². The summed E-state index contributed by atoms with van der Waals surface area (Å²) in [5, 5.41) is 2.86.